The Morgan fingerprint density at radius 1 is 1.38 bits per heavy atom. The summed E-state index contributed by atoms with van der Waals surface area (Å²) >= 11 is 0. The highest BCUT2D eigenvalue weighted by molar-refractivity contribution is 6.39. The summed E-state index contributed by atoms with van der Waals surface area (Å²) in [7, 11) is 0. The van der Waals surface area contributed by atoms with Gasteiger partial charge in [0.25, 0.3) is 0 Å². The standard InChI is InChI=1S/C9H8FN3/c10-8-2-1-6(11)3-7(8)9-4-12-5-13-9/h1-4H,5,11H2. The smallest absolute Gasteiger partial charge is 0.132 e. The fourth-order valence-corrected chi connectivity index (χ4v) is 1.18. The molecule has 0 spiro atoms. The number of hydrogen-bond donors (Lipinski definition) is 1. The first-order valence-corrected chi connectivity index (χ1v) is 3.87. The zero-order valence-corrected chi connectivity index (χ0v) is 6.87. The van der Waals surface area contributed by atoms with E-state index in [4.69, 9.17) is 5.73 Å². The number of halogens is 1. The number of benzene rings is 1. The van der Waals surface area contributed by atoms with Crippen molar-refractivity contribution < 1.29 is 4.39 Å². The van der Waals surface area contributed by atoms with E-state index in [1.165, 1.54) is 12.1 Å². The molecular formula is C9H8FN3. The third kappa shape index (κ3) is 1.42. The molecule has 1 heterocycles. The van der Waals surface area contributed by atoms with E-state index >= 15 is 0 Å². The number of hydrogen-bond acceptors (Lipinski definition) is 3. The quantitative estimate of drug-likeness (QED) is 0.644. The minimum absolute atomic E-state index is 0.318. The predicted molar refractivity (Wildman–Crippen MR) is 50.7 cm³/mol. The van der Waals surface area contributed by atoms with E-state index in [9.17, 15) is 4.39 Å². The van der Waals surface area contributed by atoms with Crippen LogP contribution in [0, 0.1) is 5.82 Å². The molecule has 0 bridgehead atoms. The summed E-state index contributed by atoms with van der Waals surface area (Å²) in [6, 6.07) is 4.41. The largest absolute Gasteiger partial charge is 0.399 e. The molecule has 66 valence electrons. The third-order valence-electron chi connectivity index (χ3n) is 1.80. The van der Waals surface area contributed by atoms with E-state index in [1.54, 1.807) is 12.3 Å². The SMILES string of the molecule is Nc1ccc(F)c(C2=NCN=C2)c1. The molecule has 0 fully saturated rings. The molecule has 0 unspecified atom stereocenters. The number of rotatable bonds is 1. The molecule has 2 N–H and O–H groups in total. The van der Waals surface area contributed by atoms with E-state index in [0.717, 1.165) is 0 Å². The summed E-state index contributed by atoms with van der Waals surface area (Å²) in [5.41, 5.74) is 7.03. The molecule has 0 saturated heterocycles. The normalized spacial score (nSPS) is 14.7. The molecule has 0 aromatic heterocycles. The van der Waals surface area contributed by atoms with Crippen molar-refractivity contribution in [1.29, 1.82) is 0 Å². The van der Waals surface area contributed by atoms with Gasteiger partial charge >= 0.3 is 0 Å². The molecule has 1 aromatic rings. The van der Waals surface area contributed by atoms with E-state index in [0.29, 0.717) is 23.6 Å². The Kier molecular flexibility index (Phi) is 1.81. The lowest BCUT2D eigenvalue weighted by Crippen LogP contribution is -2.03. The second-order valence-electron chi connectivity index (χ2n) is 2.74. The van der Waals surface area contributed by atoms with Crippen LogP contribution in [0.1, 0.15) is 5.56 Å². The van der Waals surface area contributed by atoms with Crippen molar-refractivity contribution in [3.05, 3.63) is 29.6 Å². The number of nitrogen functional groups attached to an aromatic ring is 1. The molecule has 0 radical (unpaired) electrons. The van der Waals surface area contributed by atoms with Crippen LogP contribution in [0.3, 0.4) is 0 Å². The maximum Gasteiger partial charge on any atom is 0.132 e. The number of nitrogens with two attached hydrogens (primary N) is 1. The highest BCUT2D eigenvalue weighted by Gasteiger charge is 2.09. The van der Waals surface area contributed by atoms with Gasteiger partial charge in [0.1, 0.15) is 12.5 Å². The molecule has 1 aromatic carbocycles. The summed E-state index contributed by atoms with van der Waals surface area (Å²) in [5, 5.41) is 0. The van der Waals surface area contributed by atoms with Crippen LogP contribution in [-0.2, 0) is 0 Å². The molecule has 3 nitrogen and oxygen atoms in total. The second kappa shape index (κ2) is 2.97. The fourth-order valence-electron chi connectivity index (χ4n) is 1.18. The summed E-state index contributed by atoms with van der Waals surface area (Å²) in [6.45, 7) is 0.379. The van der Waals surface area contributed by atoms with Gasteiger partial charge in [-0.1, -0.05) is 0 Å². The van der Waals surface area contributed by atoms with Crippen LogP contribution >= 0.6 is 0 Å². The Morgan fingerprint density at radius 3 is 2.92 bits per heavy atom. The fraction of sp³-hybridized carbons (Fsp3) is 0.111. The van der Waals surface area contributed by atoms with Crippen LogP contribution in [0.2, 0.25) is 0 Å². The highest BCUT2D eigenvalue weighted by Crippen LogP contribution is 2.13. The van der Waals surface area contributed by atoms with Gasteiger partial charge in [-0.2, -0.15) is 0 Å². The average Bonchev–Trinajstić information content (AvgIpc) is 2.61. The van der Waals surface area contributed by atoms with Gasteiger partial charge in [-0.15, -0.1) is 0 Å². The minimum atomic E-state index is -0.318. The van der Waals surface area contributed by atoms with Crippen LogP contribution < -0.4 is 5.73 Å². The minimum Gasteiger partial charge on any atom is -0.399 e. The molecule has 0 saturated carbocycles. The first-order chi connectivity index (χ1) is 6.27. The Balaban J connectivity index is 2.50. The van der Waals surface area contributed by atoms with Crippen molar-refractivity contribution in [3.63, 3.8) is 0 Å². The maximum atomic E-state index is 13.2. The zero-order chi connectivity index (χ0) is 9.26. The number of anilines is 1. The lowest BCUT2D eigenvalue weighted by atomic mass is 10.1. The van der Waals surface area contributed by atoms with Crippen LogP contribution in [0.5, 0.6) is 0 Å². The molecule has 4 heteroatoms. The van der Waals surface area contributed by atoms with Crippen LogP contribution in [0.25, 0.3) is 0 Å². The number of aliphatic imine (C=N–C) groups is 2. The van der Waals surface area contributed by atoms with Crippen LogP contribution in [-0.4, -0.2) is 18.6 Å². The Bertz CT molecular complexity index is 396. The molecule has 2 rings (SSSR count). The predicted octanol–water partition coefficient (Wildman–Crippen LogP) is 1.24. The van der Waals surface area contributed by atoms with Gasteiger partial charge in [0, 0.05) is 17.5 Å². The van der Waals surface area contributed by atoms with Crippen molar-refractivity contribution in [1.82, 2.24) is 0 Å². The van der Waals surface area contributed by atoms with E-state index in [2.05, 4.69) is 9.98 Å². The maximum absolute atomic E-state index is 13.2. The van der Waals surface area contributed by atoms with Crippen molar-refractivity contribution in [2.45, 2.75) is 0 Å². The lowest BCUT2D eigenvalue weighted by Gasteiger charge is -2.01. The van der Waals surface area contributed by atoms with Gasteiger partial charge in [-0.3, -0.25) is 9.98 Å². The van der Waals surface area contributed by atoms with E-state index < -0.39 is 0 Å². The first kappa shape index (κ1) is 7.91. The molecule has 1 aliphatic heterocycles. The van der Waals surface area contributed by atoms with Crippen molar-refractivity contribution in [3.8, 4) is 0 Å². The van der Waals surface area contributed by atoms with Crippen LogP contribution in [0.15, 0.2) is 28.2 Å². The second-order valence-corrected chi connectivity index (χ2v) is 2.74. The highest BCUT2D eigenvalue weighted by atomic mass is 19.1. The van der Waals surface area contributed by atoms with Crippen molar-refractivity contribution in [2.75, 3.05) is 12.4 Å². The van der Waals surface area contributed by atoms with Gasteiger partial charge in [-0.25, -0.2) is 4.39 Å². The Hall–Kier alpha value is -1.71. The summed E-state index contributed by atoms with van der Waals surface area (Å²) < 4.78 is 13.2. The van der Waals surface area contributed by atoms with Gasteiger partial charge in [0.05, 0.1) is 5.71 Å². The third-order valence-corrected chi connectivity index (χ3v) is 1.80. The van der Waals surface area contributed by atoms with Crippen molar-refractivity contribution >= 4 is 17.6 Å². The Morgan fingerprint density at radius 2 is 2.23 bits per heavy atom. The monoisotopic (exact) mass is 177 g/mol. The Labute approximate surface area is 74.8 Å². The molecule has 0 atom stereocenters. The topological polar surface area (TPSA) is 50.7 Å². The summed E-state index contributed by atoms with van der Waals surface area (Å²) in [5.74, 6) is -0.318. The number of nitrogens with zero attached hydrogens (tertiary/aromatic N) is 2. The van der Waals surface area contributed by atoms with Gasteiger partial charge in [-0.05, 0) is 18.2 Å². The van der Waals surface area contributed by atoms with Gasteiger partial charge in [0.15, 0.2) is 0 Å². The molecular weight excluding hydrogens is 169 g/mol. The molecule has 13 heavy (non-hydrogen) atoms. The van der Waals surface area contributed by atoms with Crippen molar-refractivity contribution in [2.24, 2.45) is 9.98 Å². The van der Waals surface area contributed by atoms with Crippen LogP contribution in [0.4, 0.5) is 10.1 Å². The molecule has 0 aliphatic carbocycles. The van der Waals surface area contributed by atoms with E-state index in [1.807, 2.05) is 0 Å². The van der Waals surface area contributed by atoms with E-state index in [-0.39, 0.29) is 5.82 Å². The zero-order valence-electron chi connectivity index (χ0n) is 6.87. The molecule has 1 aliphatic rings. The van der Waals surface area contributed by atoms with Gasteiger partial charge < -0.3 is 5.73 Å². The summed E-state index contributed by atoms with van der Waals surface area (Å²) in [4.78, 5) is 7.88. The van der Waals surface area contributed by atoms with Gasteiger partial charge in [0.2, 0.25) is 0 Å². The lowest BCUT2D eigenvalue weighted by molar-refractivity contribution is 0.626. The molecule has 0 amide bonds. The summed E-state index contributed by atoms with van der Waals surface area (Å²) in [6.07, 6.45) is 1.55. The first-order valence-electron chi connectivity index (χ1n) is 3.87. The average molecular weight is 177 g/mol.